The normalized spacial score (nSPS) is 11.2. The molecule has 1 amide bonds. The lowest BCUT2D eigenvalue weighted by Crippen LogP contribution is -2.36. The molecule has 0 spiro atoms. The number of benzene rings is 2. The zero-order valence-electron chi connectivity index (χ0n) is 14.5. The Balaban J connectivity index is 1.92. The highest BCUT2D eigenvalue weighted by Crippen LogP contribution is 2.21. The molecule has 0 bridgehead atoms. The summed E-state index contributed by atoms with van der Waals surface area (Å²) in [5.74, 6) is 0.213. The van der Waals surface area contributed by atoms with E-state index < -0.39 is 15.9 Å². The Morgan fingerprint density at radius 3 is 2.52 bits per heavy atom. The molecule has 7 heteroatoms. The Kier molecular flexibility index (Phi) is 6.17. The van der Waals surface area contributed by atoms with Crippen LogP contribution in [0.4, 0.5) is 0 Å². The number of carbonyl (C=O) groups is 1. The summed E-state index contributed by atoms with van der Waals surface area (Å²) >= 11 is 0. The van der Waals surface area contributed by atoms with Crippen molar-refractivity contribution in [2.24, 2.45) is 0 Å². The van der Waals surface area contributed by atoms with Crippen molar-refractivity contribution in [3.05, 3.63) is 59.2 Å². The maximum absolute atomic E-state index is 12.3. The first-order valence-corrected chi connectivity index (χ1v) is 9.26. The van der Waals surface area contributed by atoms with Crippen molar-refractivity contribution >= 4 is 15.9 Å². The van der Waals surface area contributed by atoms with Gasteiger partial charge >= 0.3 is 0 Å². The first-order chi connectivity index (χ1) is 11.8. The smallest absolute Gasteiger partial charge is 0.241 e. The molecule has 2 aromatic carbocycles. The van der Waals surface area contributed by atoms with Crippen molar-refractivity contribution in [2.75, 3.05) is 13.7 Å². The molecule has 2 rings (SSSR count). The van der Waals surface area contributed by atoms with Crippen LogP contribution in [0, 0.1) is 13.8 Å². The van der Waals surface area contributed by atoms with Crippen LogP contribution in [0.3, 0.4) is 0 Å². The largest absolute Gasteiger partial charge is 0.496 e. The standard InChI is InChI=1S/C18H22N2O4S/c1-13-5-4-6-15(9-13)11-19-18(21)12-20-25(22,23)16-7-8-17(24-3)14(2)10-16/h4-10,20H,11-12H2,1-3H3,(H,19,21). The molecule has 134 valence electrons. The van der Waals surface area contributed by atoms with Gasteiger partial charge in [0.25, 0.3) is 0 Å². The third-order valence-corrected chi connectivity index (χ3v) is 5.07. The molecule has 0 aromatic heterocycles. The highest BCUT2D eigenvalue weighted by molar-refractivity contribution is 7.89. The van der Waals surface area contributed by atoms with Gasteiger partial charge in [0.05, 0.1) is 18.6 Å². The van der Waals surface area contributed by atoms with Crippen LogP contribution in [0.5, 0.6) is 5.75 Å². The fraction of sp³-hybridized carbons (Fsp3) is 0.278. The molecule has 0 heterocycles. The minimum Gasteiger partial charge on any atom is -0.496 e. The van der Waals surface area contributed by atoms with Crippen LogP contribution < -0.4 is 14.8 Å². The van der Waals surface area contributed by atoms with Gasteiger partial charge in [-0.3, -0.25) is 4.79 Å². The lowest BCUT2D eigenvalue weighted by Gasteiger charge is -2.10. The monoisotopic (exact) mass is 362 g/mol. The van der Waals surface area contributed by atoms with Crippen molar-refractivity contribution in [3.8, 4) is 5.75 Å². The average molecular weight is 362 g/mol. The van der Waals surface area contributed by atoms with E-state index in [4.69, 9.17) is 4.74 Å². The van der Waals surface area contributed by atoms with E-state index in [1.807, 2.05) is 31.2 Å². The van der Waals surface area contributed by atoms with Crippen molar-refractivity contribution in [2.45, 2.75) is 25.3 Å². The number of hydrogen-bond acceptors (Lipinski definition) is 4. The number of methoxy groups -OCH3 is 1. The Morgan fingerprint density at radius 2 is 1.88 bits per heavy atom. The van der Waals surface area contributed by atoms with Crippen LogP contribution in [0.1, 0.15) is 16.7 Å². The number of hydrogen-bond donors (Lipinski definition) is 2. The van der Waals surface area contributed by atoms with E-state index in [9.17, 15) is 13.2 Å². The summed E-state index contributed by atoms with van der Waals surface area (Å²) in [5, 5.41) is 2.69. The van der Waals surface area contributed by atoms with Crippen LogP contribution in [-0.2, 0) is 21.4 Å². The van der Waals surface area contributed by atoms with Crippen LogP contribution in [0.25, 0.3) is 0 Å². The highest BCUT2D eigenvalue weighted by atomic mass is 32.2. The fourth-order valence-corrected chi connectivity index (χ4v) is 3.41. The Hall–Kier alpha value is -2.38. The van der Waals surface area contributed by atoms with Crippen LogP contribution in [0.2, 0.25) is 0 Å². The molecule has 0 aliphatic rings. The van der Waals surface area contributed by atoms with Gasteiger partial charge in [-0.1, -0.05) is 29.8 Å². The van der Waals surface area contributed by atoms with Crippen LogP contribution in [0.15, 0.2) is 47.4 Å². The molecule has 0 atom stereocenters. The first-order valence-electron chi connectivity index (χ1n) is 7.78. The van der Waals surface area contributed by atoms with Crippen molar-refractivity contribution < 1.29 is 17.9 Å². The SMILES string of the molecule is COc1ccc(S(=O)(=O)NCC(=O)NCc2cccc(C)c2)cc1C. The molecule has 0 aliphatic heterocycles. The molecule has 0 unspecified atom stereocenters. The van der Waals surface area contributed by atoms with Crippen LogP contribution in [-0.4, -0.2) is 28.0 Å². The number of sulfonamides is 1. The summed E-state index contributed by atoms with van der Waals surface area (Å²) in [6.45, 7) is 3.76. The minimum absolute atomic E-state index is 0.0947. The molecule has 2 aromatic rings. The predicted molar refractivity (Wildman–Crippen MR) is 95.9 cm³/mol. The second-order valence-electron chi connectivity index (χ2n) is 5.72. The number of ether oxygens (including phenoxy) is 1. The molecular formula is C18H22N2O4S. The zero-order valence-corrected chi connectivity index (χ0v) is 15.3. The topological polar surface area (TPSA) is 84.5 Å². The highest BCUT2D eigenvalue weighted by Gasteiger charge is 2.16. The number of rotatable bonds is 7. The van der Waals surface area contributed by atoms with Gasteiger partial charge in [0.2, 0.25) is 15.9 Å². The number of carbonyl (C=O) groups excluding carboxylic acids is 1. The van der Waals surface area contributed by atoms with Gasteiger partial charge in [0.15, 0.2) is 0 Å². The lowest BCUT2D eigenvalue weighted by molar-refractivity contribution is -0.120. The number of amides is 1. The van der Waals surface area contributed by atoms with E-state index in [-0.39, 0.29) is 11.4 Å². The lowest BCUT2D eigenvalue weighted by atomic mass is 10.1. The zero-order chi connectivity index (χ0) is 18.4. The summed E-state index contributed by atoms with van der Waals surface area (Å²) < 4.78 is 32.0. The van der Waals surface area contributed by atoms with Gasteiger partial charge in [0.1, 0.15) is 5.75 Å². The van der Waals surface area contributed by atoms with Gasteiger partial charge in [0, 0.05) is 6.54 Å². The second kappa shape index (κ2) is 8.13. The van der Waals surface area contributed by atoms with Gasteiger partial charge in [-0.05, 0) is 43.2 Å². The van der Waals surface area contributed by atoms with E-state index in [1.165, 1.54) is 19.2 Å². The second-order valence-corrected chi connectivity index (χ2v) is 7.49. The van der Waals surface area contributed by atoms with Crippen molar-refractivity contribution in [3.63, 3.8) is 0 Å². The third kappa shape index (κ3) is 5.30. The van der Waals surface area contributed by atoms with Crippen molar-refractivity contribution in [1.29, 1.82) is 0 Å². The summed E-state index contributed by atoms with van der Waals surface area (Å²) in [5.41, 5.74) is 2.76. The number of nitrogens with one attached hydrogen (secondary N) is 2. The first kappa shape index (κ1) is 19.0. The molecule has 25 heavy (non-hydrogen) atoms. The molecule has 0 aliphatic carbocycles. The van der Waals surface area contributed by atoms with Gasteiger partial charge in [-0.2, -0.15) is 0 Å². The predicted octanol–water partition coefficient (Wildman–Crippen LogP) is 1.91. The molecule has 0 radical (unpaired) electrons. The fourth-order valence-electron chi connectivity index (χ4n) is 2.35. The summed E-state index contributed by atoms with van der Waals surface area (Å²) in [7, 11) is -2.24. The summed E-state index contributed by atoms with van der Waals surface area (Å²) in [6, 6.07) is 12.3. The minimum atomic E-state index is -3.76. The molecule has 2 N–H and O–H groups in total. The number of aryl methyl sites for hydroxylation is 2. The van der Waals surface area contributed by atoms with Gasteiger partial charge < -0.3 is 10.1 Å². The molecule has 0 fully saturated rings. The maximum atomic E-state index is 12.3. The van der Waals surface area contributed by atoms with E-state index >= 15 is 0 Å². The molecule has 6 nitrogen and oxygen atoms in total. The van der Waals surface area contributed by atoms with Crippen molar-refractivity contribution in [1.82, 2.24) is 10.0 Å². The Bertz CT molecular complexity index is 863. The van der Waals surface area contributed by atoms with Gasteiger partial charge in [-0.25, -0.2) is 13.1 Å². The molecular weight excluding hydrogens is 340 g/mol. The summed E-state index contributed by atoms with van der Waals surface area (Å²) in [6.07, 6.45) is 0. The van der Waals surface area contributed by atoms with E-state index in [2.05, 4.69) is 10.0 Å². The van der Waals surface area contributed by atoms with E-state index in [0.29, 0.717) is 17.9 Å². The van der Waals surface area contributed by atoms with E-state index in [0.717, 1.165) is 11.1 Å². The van der Waals surface area contributed by atoms with E-state index in [1.54, 1.807) is 13.0 Å². The molecule has 0 saturated carbocycles. The maximum Gasteiger partial charge on any atom is 0.241 e. The van der Waals surface area contributed by atoms with Gasteiger partial charge in [-0.15, -0.1) is 0 Å². The van der Waals surface area contributed by atoms with Crippen LogP contribution >= 0.6 is 0 Å². The average Bonchev–Trinajstić information content (AvgIpc) is 2.58. The molecule has 0 saturated heterocycles. The third-order valence-electron chi connectivity index (χ3n) is 3.67. The summed E-state index contributed by atoms with van der Waals surface area (Å²) in [4.78, 5) is 12.0. The quantitative estimate of drug-likeness (QED) is 0.788. The Morgan fingerprint density at radius 1 is 1.12 bits per heavy atom. The Labute approximate surface area is 148 Å².